The molecule has 1 unspecified atom stereocenters. The summed E-state index contributed by atoms with van der Waals surface area (Å²) in [4.78, 5) is 0. The molecule has 0 N–H and O–H groups in total. The molecule has 14 heavy (non-hydrogen) atoms. The first-order valence-electron chi connectivity index (χ1n) is 5.33. The summed E-state index contributed by atoms with van der Waals surface area (Å²) in [7, 11) is 0. The Morgan fingerprint density at radius 3 is 2.64 bits per heavy atom. The van der Waals surface area contributed by atoms with Crippen LogP contribution in [-0.2, 0) is 6.42 Å². The van der Waals surface area contributed by atoms with Gasteiger partial charge in [-0.05, 0) is 49.8 Å². The molecule has 1 aromatic rings. The third-order valence-electron chi connectivity index (χ3n) is 2.78. The summed E-state index contributed by atoms with van der Waals surface area (Å²) in [5.41, 5.74) is 4.33. The quantitative estimate of drug-likeness (QED) is 0.627. The number of hydrogen-bond acceptors (Lipinski definition) is 0. The molecule has 0 aliphatic carbocycles. The maximum Gasteiger partial charge on any atom is -0.0216 e. The van der Waals surface area contributed by atoms with E-state index in [1.165, 1.54) is 16.7 Å². The van der Waals surface area contributed by atoms with Crippen LogP contribution in [0.15, 0.2) is 30.4 Å². The lowest BCUT2D eigenvalue weighted by molar-refractivity contribution is 0.718. The normalized spacial score (nSPS) is 13.4. The van der Waals surface area contributed by atoms with Gasteiger partial charge in [0.2, 0.25) is 0 Å². The monoisotopic (exact) mass is 188 g/mol. The highest BCUT2D eigenvalue weighted by molar-refractivity contribution is 5.33. The molecular formula is C14H20. The molecule has 0 bridgehead atoms. The molecule has 1 aromatic carbocycles. The van der Waals surface area contributed by atoms with Crippen molar-refractivity contribution in [2.45, 2.75) is 34.1 Å². The number of hydrogen-bond donors (Lipinski definition) is 0. The lowest BCUT2D eigenvalue weighted by Crippen LogP contribution is -1.99. The van der Waals surface area contributed by atoms with Gasteiger partial charge in [0, 0.05) is 0 Å². The van der Waals surface area contributed by atoms with E-state index in [2.05, 4.69) is 58.0 Å². The second-order valence-electron chi connectivity index (χ2n) is 4.07. The summed E-state index contributed by atoms with van der Waals surface area (Å²) < 4.78 is 0. The molecule has 0 fully saturated rings. The molecule has 1 atom stereocenters. The van der Waals surface area contributed by atoms with E-state index >= 15 is 0 Å². The molecule has 76 valence electrons. The predicted molar refractivity (Wildman–Crippen MR) is 63.6 cm³/mol. The Balaban J connectivity index is 2.81. The zero-order valence-corrected chi connectivity index (χ0v) is 9.67. The van der Waals surface area contributed by atoms with Crippen LogP contribution in [0, 0.1) is 19.8 Å². The molecule has 0 saturated carbocycles. The van der Waals surface area contributed by atoms with Crippen molar-refractivity contribution in [2.24, 2.45) is 5.92 Å². The van der Waals surface area contributed by atoms with Crippen molar-refractivity contribution in [3.8, 4) is 0 Å². The third-order valence-corrected chi connectivity index (χ3v) is 2.78. The molecule has 0 spiro atoms. The Hall–Kier alpha value is -1.04. The van der Waals surface area contributed by atoms with Crippen molar-refractivity contribution in [2.75, 3.05) is 0 Å². The number of aryl methyl sites for hydroxylation is 1. The van der Waals surface area contributed by atoms with E-state index in [4.69, 9.17) is 0 Å². The molecule has 0 heteroatoms. The van der Waals surface area contributed by atoms with Gasteiger partial charge in [-0.15, -0.1) is 0 Å². The molecule has 0 heterocycles. The van der Waals surface area contributed by atoms with Crippen molar-refractivity contribution in [3.63, 3.8) is 0 Å². The second-order valence-corrected chi connectivity index (χ2v) is 4.07. The molecule has 0 aliphatic rings. The van der Waals surface area contributed by atoms with E-state index in [9.17, 15) is 0 Å². The van der Waals surface area contributed by atoms with Crippen LogP contribution in [0.2, 0.25) is 0 Å². The van der Waals surface area contributed by atoms with E-state index in [1.54, 1.807) is 0 Å². The summed E-state index contributed by atoms with van der Waals surface area (Å²) in [6.07, 6.45) is 5.55. The van der Waals surface area contributed by atoms with E-state index < -0.39 is 0 Å². The highest BCUT2D eigenvalue weighted by Gasteiger charge is 2.03. The van der Waals surface area contributed by atoms with E-state index in [0.717, 1.165) is 6.42 Å². The maximum atomic E-state index is 2.27. The largest absolute Gasteiger partial charge is 0.0914 e. The fourth-order valence-electron chi connectivity index (χ4n) is 1.78. The maximum absolute atomic E-state index is 2.27. The molecule has 0 radical (unpaired) electrons. The summed E-state index contributed by atoms with van der Waals surface area (Å²) in [6, 6.07) is 6.57. The first-order chi connectivity index (χ1) is 6.65. The Kier molecular flexibility index (Phi) is 3.94. The van der Waals surface area contributed by atoms with Gasteiger partial charge in [0.05, 0.1) is 0 Å². The minimum Gasteiger partial charge on any atom is -0.0914 e. The third kappa shape index (κ3) is 2.73. The van der Waals surface area contributed by atoms with E-state index in [1.807, 2.05) is 0 Å². The molecule has 0 amide bonds. The number of benzene rings is 1. The predicted octanol–water partition coefficient (Wildman–Crippen LogP) is 4.06. The Morgan fingerprint density at radius 1 is 1.29 bits per heavy atom. The van der Waals surface area contributed by atoms with Crippen LogP contribution in [-0.4, -0.2) is 0 Å². The van der Waals surface area contributed by atoms with Gasteiger partial charge in [0.25, 0.3) is 0 Å². The average Bonchev–Trinajstić information content (AvgIpc) is 2.13. The molecule has 0 aromatic heterocycles. The van der Waals surface area contributed by atoms with E-state index in [-0.39, 0.29) is 0 Å². The van der Waals surface area contributed by atoms with Crippen LogP contribution < -0.4 is 0 Å². The van der Waals surface area contributed by atoms with Crippen molar-refractivity contribution in [1.82, 2.24) is 0 Å². The summed E-state index contributed by atoms with van der Waals surface area (Å²) >= 11 is 0. The molecule has 0 saturated heterocycles. The number of rotatable bonds is 3. The molecule has 0 nitrogen and oxygen atoms in total. The van der Waals surface area contributed by atoms with Crippen LogP contribution in [0.5, 0.6) is 0 Å². The Morgan fingerprint density at radius 2 is 2.00 bits per heavy atom. The minimum absolute atomic E-state index is 0.639. The van der Waals surface area contributed by atoms with Gasteiger partial charge in [-0.2, -0.15) is 0 Å². The fourth-order valence-corrected chi connectivity index (χ4v) is 1.78. The Bertz CT molecular complexity index is 321. The van der Waals surface area contributed by atoms with Crippen molar-refractivity contribution in [3.05, 3.63) is 47.0 Å². The van der Waals surface area contributed by atoms with Gasteiger partial charge in [0.15, 0.2) is 0 Å². The molecular weight excluding hydrogens is 168 g/mol. The van der Waals surface area contributed by atoms with Gasteiger partial charge >= 0.3 is 0 Å². The van der Waals surface area contributed by atoms with Crippen molar-refractivity contribution in [1.29, 1.82) is 0 Å². The summed E-state index contributed by atoms with van der Waals surface area (Å²) in [6.45, 7) is 8.74. The topological polar surface area (TPSA) is 0 Å². The first kappa shape index (κ1) is 11.0. The zero-order valence-electron chi connectivity index (χ0n) is 9.67. The van der Waals surface area contributed by atoms with Gasteiger partial charge in [-0.3, -0.25) is 0 Å². The SMILES string of the molecule is C/C=C\C(C)Cc1cccc(C)c1C. The lowest BCUT2D eigenvalue weighted by atomic mass is 9.95. The smallest absolute Gasteiger partial charge is 0.0216 e. The van der Waals surface area contributed by atoms with Crippen molar-refractivity contribution >= 4 is 0 Å². The molecule has 0 aliphatic heterocycles. The van der Waals surface area contributed by atoms with Crippen LogP contribution in [0.3, 0.4) is 0 Å². The van der Waals surface area contributed by atoms with Gasteiger partial charge < -0.3 is 0 Å². The van der Waals surface area contributed by atoms with Crippen molar-refractivity contribution < 1.29 is 0 Å². The van der Waals surface area contributed by atoms with E-state index in [0.29, 0.717) is 5.92 Å². The second kappa shape index (κ2) is 4.99. The highest BCUT2D eigenvalue weighted by Crippen LogP contribution is 2.17. The van der Waals surface area contributed by atoms with Crippen LogP contribution in [0.25, 0.3) is 0 Å². The summed E-state index contributed by atoms with van der Waals surface area (Å²) in [5, 5.41) is 0. The van der Waals surface area contributed by atoms with Gasteiger partial charge in [-0.1, -0.05) is 37.3 Å². The van der Waals surface area contributed by atoms with Gasteiger partial charge in [0.1, 0.15) is 0 Å². The van der Waals surface area contributed by atoms with Crippen LogP contribution in [0.4, 0.5) is 0 Å². The van der Waals surface area contributed by atoms with Crippen LogP contribution in [0.1, 0.15) is 30.5 Å². The standard InChI is InChI=1S/C14H20/c1-5-7-11(2)10-14-9-6-8-12(3)13(14)4/h5-9,11H,10H2,1-4H3/b7-5-. The highest BCUT2D eigenvalue weighted by atomic mass is 14.1. The molecule has 1 rings (SSSR count). The van der Waals surface area contributed by atoms with Gasteiger partial charge in [-0.25, -0.2) is 0 Å². The zero-order chi connectivity index (χ0) is 10.6. The lowest BCUT2D eigenvalue weighted by Gasteiger charge is -2.11. The fraction of sp³-hybridized carbons (Fsp3) is 0.429. The summed E-state index contributed by atoms with van der Waals surface area (Å²) in [5.74, 6) is 0.639. The Labute approximate surface area is 87.7 Å². The first-order valence-corrected chi connectivity index (χ1v) is 5.33. The average molecular weight is 188 g/mol. The van der Waals surface area contributed by atoms with Crippen LogP contribution >= 0.6 is 0 Å². The minimum atomic E-state index is 0.639. The number of allylic oxidation sites excluding steroid dienone is 2.